The third-order valence-electron chi connectivity index (χ3n) is 4.48. The first-order valence-electron chi connectivity index (χ1n) is 8.30. The average molecular weight is 378 g/mol. The summed E-state index contributed by atoms with van der Waals surface area (Å²) >= 11 is 0. The van der Waals surface area contributed by atoms with E-state index in [1.54, 1.807) is 12.1 Å². The smallest absolute Gasteiger partial charge is 0.416 e. The predicted molar refractivity (Wildman–Crippen MR) is 92.3 cm³/mol. The van der Waals surface area contributed by atoms with Crippen LogP contribution in [-0.2, 0) is 17.4 Å². The molecule has 0 spiro atoms. The lowest BCUT2D eigenvalue weighted by Crippen LogP contribution is -2.43. The number of carboxylic acid groups (broad SMARTS) is 1. The molecule has 5 nitrogen and oxygen atoms in total. The van der Waals surface area contributed by atoms with Crippen molar-refractivity contribution in [3.8, 4) is 0 Å². The van der Waals surface area contributed by atoms with Gasteiger partial charge in [0, 0.05) is 12.2 Å². The van der Waals surface area contributed by atoms with Gasteiger partial charge in [0.05, 0.1) is 18.0 Å². The number of alkyl halides is 3. The summed E-state index contributed by atoms with van der Waals surface area (Å²) < 4.78 is 38.5. The maximum absolute atomic E-state index is 12.8. The van der Waals surface area contributed by atoms with Crippen molar-refractivity contribution in [3.63, 3.8) is 0 Å². The van der Waals surface area contributed by atoms with E-state index in [0.29, 0.717) is 6.42 Å². The third-order valence-corrected chi connectivity index (χ3v) is 4.48. The van der Waals surface area contributed by atoms with Gasteiger partial charge in [-0.1, -0.05) is 30.3 Å². The lowest BCUT2D eigenvalue weighted by Gasteiger charge is -2.36. The molecule has 0 saturated carbocycles. The number of carbonyl (C=O) groups is 2. The van der Waals surface area contributed by atoms with Crippen LogP contribution in [0.25, 0.3) is 0 Å². The van der Waals surface area contributed by atoms with Gasteiger partial charge in [-0.05, 0) is 35.7 Å². The van der Waals surface area contributed by atoms with E-state index in [4.69, 9.17) is 0 Å². The summed E-state index contributed by atoms with van der Waals surface area (Å²) in [5.41, 5.74) is 0.839. The lowest BCUT2D eigenvalue weighted by molar-refractivity contribution is -0.139. The number of benzene rings is 2. The average Bonchev–Trinajstić information content (AvgIpc) is 2.61. The lowest BCUT2D eigenvalue weighted by atomic mass is 9.91. The second kappa shape index (κ2) is 7.30. The first-order valence-corrected chi connectivity index (χ1v) is 8.30. The number of hydrogen-bond donors (Lipinski definition) is 2. The van der Waals surface area contributed by atoms with E-state index >= 15 is 0 Å². The van der Waals surface area contributed by atoms with Crippen molar-refractivity contribution in [1.29, 1.82) is 0 Å². The fraction of sp³-hybridized carbons (Fsp3) is 0.263. The number of urea groups is 1. The van der Waals surface area contributed by atoms with Crippen molar-refractivity contribution < 1.29 is 27.9 Å². The molecular weight excluding hydrogens is 361 g/mol. The summed E-state index contributed by atoms with van der Waals surface area (Å²) in [4.78, 5) is 25.3. The predicted octanol–water partition coefficient (Wildman–Crippen LogP) is 4.31. The summed E-state index contributed by atoms with van der Waals surface area (Å²) in [6.45, 7) is 0.278. The highest BCUT2D eigenvalue weighted by Gasteiger charge is 2.33. The van der Waals surface area contributed by atoms with Crippen LogP contribution in [0.2, 0.25) is 0 Å². The fourth-order valence-electron chi connectivity index (χ4n) is 3.25. The Hall–Kier alpha value is -3.03. The largest absolute Gasteiger partial charge is 0.481 e. The molecule has 0 aliphatic carbocycles. The van der Waals surface area contributed by atoms with Gasteiger partial charge in [-0.25, -0.2) is 4.79 Å². The fourth-order valence-corrected chi connectivity index (χ4v) is 3.25. The molecule has 0 radical (unpaired) electrons. The molecule has 2 amide bonds. The number of rotatable bonds is 3. The van der Waals surface area contributed by atoms with Crippen LogP contribution in [0.4, 0.5) is 23.7 Å². The second-order valence-corrected chi connectivity index (χ2v) is 6.26. The van der Waals surface area contributed by atoms with Gasteiger partial charge >= 0.3 is 18.2 Å². The molecule has 0 fully saturated rings. The normalized spacial score (nSPS) is 16.6. The van der Waals surface area contributed by atoms with Gasteiger partial charge in [0.2, 0.25) is 0 Å². The maximum atomic E-state index is 12.8. The molecule has 1 atom stereocenters. The molecule has 2 N–H and O–H groups in total. The van der Waals surface area contributed by atoms with Crippen LogP contribution in [0.15, 0.2) is 48.5 Å². The monoisotopic (exact) mass is 378 g/mol. The number of carbonyl (C=O) groups excluding carboxylic acids is 1. The van der Waals surface area contributed by atoms with Crippen LogP contribution >= 0.6 is 0 Å². The minimum absolute atomic E-state index is 0.00255. The van der Waals surface area contributed by atoms with Crippen LogP contribution in [0.5, 0.6) is 0 Å². The zero-order valence-electron chi connectivity index (χ0n) is 14.2. The molecule has 8 heteroatoms. The van der Waals surface area contributed by atoms with Gasteiger partial charge in [0.15, 0.2) is 0 Å². The molecule has 0 aromatic heterocycles. The van der Waals surface area contributed by atoms with Crippen LogP contribution in [-0.4, -0.2) is 28.6 Å². The highest BCUT2D eigenvalue weighted by Crippen LogP contribution is 2.34. The van der Waals surface area contributed by atoms with Gasteiger partial charge in [-0.2, -0.15) is 13.2 Å². The number of anilines is 1. The van der Waals surface area contributed by atoms with E-state index < -0.39 is 29.8 Å². The second-order valence-electron chi connectivity index (χ2n) is 6.26. The number of fused-ring (bicyclic) bond motifs is 1. The van der Waals surface area contributed by atoms with Crippen molar-refractivity contribution in [1.82, 2.24) is 4.90 Å². The Balaban J connectivity index is 1.84. The van der Waals surface area contributed by atoms with E-state index in [1.807, 2.05) is 12.1 Å². The molecule has 2 aromatic rings. The standard InChI is InChI=1S/C19H17F3N2O3/c20-19(21,22)13-5-3-6-14(10-13)23-18(27)24-9-8-12-4-1-2-7-15(12)16(24)11-17(25)26/h1-7,10,16H,8-9,11H2,(H,23,27)(H,25,26)/t16-/m1/s1. The molecule has 0 unspecified atom stereocenters. The van der Waals surface area contributed by atoms with Gasteiger partial charge < -0.3 is 15.3 Å². The van der Waals surface area contributed by atoms with E-state index in [0.717, 1.165) is 23.3 Å². The Kier molecular flexibility index (Phi) is 5.07. The highest BCUT2D eigenvalue weighted by molar-refractivity contribution is 5.90. The van der Waals surface area contributed by atoms with E-state index in [-0.39, 0.29) is 18.7 Å². The number of amides is 2. The van der Waals surface area contributed by atoms with Gasteiger partial charge in [0.1, 0.15) is 0 Å². The number of hydrogen-bond acceptors (Lipinski definition) is 2. The van der Waals surface area contributed by atoms with Crippen LogP contribution in [0, 0.1) is 0 Å². The molecule has 27 heavy (non-hydrogen) atoms. The summed E-state index contributed by atoms with van der Waals surface area (Å²) in [7, 11) is 0. The van der Waals surface area contributed by atoms with E-state index in [9.17, 15) is 27.9 Å². The number of nitrogens with zero attached hydrogens (tertiary/aromatic N) is 1. The Morgan fingerprint density at radius 2 is 1.89 bits per heavy atom. The SMILES string of the molecule is O=C(O)C[C@@H]1c2ccccc2CCN1C(=O)Nc1cccc(C(F)(F)F)c1. The molecule has 0 bridgehead atoms. The molecule has 3 rings (SSSR count). The van der Waals surface area contributed by atoms with E-state index in [1.165, 1.54) is 17.0 Å². The minimum atomic E-state index is -4.52. The number of aliphatic carboxylic acids is 1. The quantitative estimate of drug-likeness (QED) is 0.836. The first kappa shape index (κ1) is 18.8. The van der Waals surface area contributed by atoms with Crippen molar-refractivity contribution in [3.05, 3.63) is 65.2 Å². The van der Waals surface area contributed by atoms with Crippen LogP contribution in [0.3, 0.4) is 0 Å². The summed E-state index contributed by atoms with van der Waals surface area (Å²) in [5.74, 6) is -1.06. The van der Waals surface area contributed by atoms with Gasteiger partial charge in [0.25, 0.3) is 0 Å². The first-order chi connectivity index (χ1) is 12.8. The van der Waals surface area contributed by atoms with E-state index in [2.05, 4.69) is 5.32 Å². The molecular formula is C19H17F3N2O3. The van der Waals surface area contributed by atoms with Gasteiger partial charge in [-0.15, -0.1) is 0 Å². The summed E-state index contributed by atoms with van der Waals surface area (Å²) in [6, 6.07) is 10.3. The molecule has 1 heterocycles. The van der Waals surface area contributed by atoms with Crippen molar-refractivity contribution in [2.75, 3.05) is 11.9 Å². The van der Waals surface area contributed by atoms with Gasteiger partial charge in [-0.3, -0.25) is 4.79 Å². The Bertz CT molecular complexity index is 867. The highest BCUT2D eigenvalue weighted by atomic mass is 19.4. The third kappa shape index (κ3) is 4.21. The molecule has 0 saturated heterocycles. The van der Waals surface area contributed by atoms with Crippen molar-refractivity contribution in [2.24, 2.45) is 0 Å². The Labute approximate surface area is 153 Å². The maximum Gasteiger partial charge on any atom is 0.416 e. The number of halogens is 3. The number of carboxylic acids is 1. The molecule has 1 aliphatic rings. The summed E-state index contributed by atoms with van der Waals surface area (Å²) in [5, 5.41) is 11.7. The van der Waals surface area contributed by atoms with Crippen LogP contribution < -0.4 is 5.32 Å². The zero-order chi connectivity index (χ0) is 19.6. The Morgan fingerprint density at radius 3 is 2.59 bits per heavy atom. The van der Waals surface area contributed by atoms with Crippen LogP contribution in [0.1, 0.15) is 29.2 Å². The van der Waals surface area contributed by atoms with Crippen molar-refractivity contribution in [2.45, 2.75) is 25.1 Å². The molecule has 142 valence electrons. The zero-order valence-corrected chi connectivity index (χ0v) is 14.2. The Morgan fingerprint density at radius 1 is 1.15 bits per heavy atom. The minimum Gasteiger partial charge on any atom is -0.481 e. The van der Waals surface area contributed by atoms with Crippen molar-refractivity contribution >= 4 is 17.7 Å². The topological polar surface area (TPSA) is 69.6 Å². The summed E-state index contributed by atoms with van der Waals surface area (Å²) in [6.07, 6.45) is -4.26. The molecule has 2 aromatic carbocycles. The molecule has 1 aliphatic heterocycles. The number of nitrogens with one attached hydrogen (secondary N) is 1.